The first-order valence-corrected chi connectivity index (χ1v) is 14.5. The Morgan fingerprint density at radius 1 is 0.939 bits per heavy atom. The van der Waals surface area contributed by atoms with Crippen molar-refractivity contribution in [3.05, 3.63) is 0 Å². The summed E-state index contributed by atoms with van der Waals surface area (Å²) in [5.74, 6) is 5.33. The molecular formula is C30H54O3. The molecule has 3 nitrogen and oxygen atoms in total. The van der Waals surface area contributed by atoms with Gasteiger partial charge < -0.3 is 14.9 Å². The molecule has 0 aromatic heterocycles. The van der Waals surface area contributed by atoms with Crippen LogP contribution in [-0.2, 0) is 4.74 Å². The molecule has 0 unspecified atom stereocenters. The van der Waals surface area contributed by atoms with E-state index in [1.165, 1.54) is 64.2 Å². The Morgan fingerprint density at radius 2 is 1.67 bits per heavy atom. The highest BCUT2D eigenvalue weighted by molar-refractivity contribution is 5.09. The van der Waals surface area contributed by atoms with Gasteiger partial charge in [-0.3, -0.25) is 0 Å². The van der Waals surface area contributed by atoms with Crippen molar-refractivity contribution in [2.45, 2.75) is 130 Å². The van der Waals surface area contributed by atoms with E-state index >= 15 is 0 Å². The topological polar surface area (TPSA) is 49.7 Å². The first-order chi connectivity index (χ1) is 15.6. The molecular weight excluding hydrogens is 408 g/mol. The number of fused-ring (bicyclic) bond motifs is 5. The third-order valence-electron chi connectivity index (χ3n) is 11.5. The zero-order valence-electron chi connectivity index (χ0n) is 22.5. The van der Waals surface area contributed by atoms with Crippen molar-refractivity contribution < 1.29 is 14.9 Å². The number of ether oxygens (including phenoxy) is 1. The molecule has 2 N–H and O–H groups in total. The molecule has 0 aliphatic heterocycles. The molecule has 4 fully saturated rings. The van der Waals surface area contributed by atoms with E-state index in [4.69, 9.17) is 9.84 Å². The molecule has 4 aliphatic rings. The van der Waals surface area contributed by atoms with Crippen molar-refractivity contribution in [3.63, 3.8) is 0 Å². The Bertz CT molecular complexity index is 641. The van der Waals surface area contributed by atoms with Crippen LogP contribution in [0.1, 0.15) is 118 Å². The number of hydrogen-bond donors (Lipinski definition) is 2. The van der Waals surface area contributed by atoms with Gasteiger partial charge in [0.2, 0.25) is 0 Å². The quantitative estimate of drug-likeness (QED) is 0.363. The highest BCUT2D eigenvalue weighted by atomic mass is 16.5. The summed E-state index contributed by atoms with van der Waals surface area (Å²) in [6.45, 7) is 12.7. The Hall–Kier alpha value is -0.120. The van der Waals surface area contributed by atoms with Gasteiger partial charge in [0.1, 0.15) is 0 Å². The molecule has 4 aliphatic carbocycles. The molecule has 0 heterocycles. The third kappa shape index (κ3) is 5.21. The molecule has 0 aromatic rings. The van der Waals surface area contributed by atoms with Crippen molar-refractivity contribution in [1.82, 2.24) is 0 Å². The summed E-state index contributed by atoms with van der Waals surface area (Å²) in [6, 6.07) is 0. The summed E-state index contributed by atoms with van der Waals surface area (Å²) in [5, 5.41) is 19.2. The number of hydrogen-bond acceptors (Lipinski definition) is 3. The number of aliphatic hydroxyl groups excluding tert-OH is 1. The van der Waals surface area contributed by atoms with Gasteiger partial charge in [-0.05, 0) is 131 Å². The van der Waals surface area contributed by atoms with Crippen LogP contribution in [0.2, 0.25) is 0 Å². The third-order valence-corrected chi connectivity index (χ3v) is 11.5. The van der Waals surface area contributed by atoms with E-state index in [9.17, 15) is 5.11 Å². The molecule has 0 saturated heterocycles. The molecule has 0 bridgehead atoms. The van der Waals surface area contributed by atoms with E-state index < -0.39 is 5.60 Å². The Morgan fingerprint density at radius 3 is 2.39 bits per heavy atom. The fourth-order valence-electron chi connectivity index (χ4n) is 9.72. The summed E-state index contributed by atoms with van der Waals surface area (Å²) in [6.07, 6.45) is 17.1. The minimum absolute atomic E-state index is 0.247. The fourth-order valence-corrected chi connectivity index (χ4v) is 9.72. The van der Waals surface area contributed by atoms with Crippen LogP contribution < -0.4 is 0 Å². The van der Waals surface area contributed by atoms with Crippen LogP contribution in [0, 0.1) is 46.3 Å². The Kier molecular flexibility index (Phi) is 7.94. The van der Waals surface area contributed by atoms with Crippen molar-refractivity contribution in [2.75, 3.05) is 13.2 Å². The maximum Gasteiger partial charge on any atom is 0.0591 e. The lowest BCUT2D eigenvalue weighted by Crippen LogP contribution is -2.54. The summed E-state index contributed by atoms with van der Waals surface area (Å²) >= 11 is 0. The normalized spacial score (nSPS) is 44.1. The van der Waals surface area contributed by atoms with E-state index in [1.54, 1.807) is 0 Å². The lowest BCUT2D eigenvalue weighted by Gasteiger charge is -2.61. The van der Waals surface area contributed by atoms with Crippen LogP contribution >= 0.6 is 0 Å². The van der Waals surface area contributed by atoms with Gasteiger partial charge in [-0.2, -0.15) is 0 Å². The molecule has 9 atom stereocenters. The molecule has 192 valence electrons. The molecule has 0 radical (unpaired) electrons. The average molecular weight is 463 g/mol. The smallest absolute Gasteiger partial charge is 0.0591 e. The van der Waals surface area contributed by atoms with Crippen LogP contribution in [0.5, 0.6) is 0 Å². The molecule has 3 heteroatoms. The van der Waals surface area contributed by atoms with Crippen LogP contribution in [0.4, 0.5) is 0 Å². The highest BCUT2D eigenvalue weighted by Crippen LogP contribution is 2.68. The van der Waals surface area contributed by atoms with E-state index in [-0.39, 0.29) is 6.61 Å². The van der Waals surface area contributed by atoms with Gasteiger partial charge in [0, 0.05) is 13.2 Å². The highest BCUT2D eigenvalue weighted by Gasteiger charge is 2.60. The summed E-state index contributed by atoms with van der Waals surface area (Å²) in [5.41, 5.74) is 0.553. The zero-order chi connectivity index (χ0) is 23.9. The van der Waals surface area contributed by atoms with E-state index in [0.717, 1.165) is 61.4 Å². The van der Waals surface area contributed by atoms with Crippen molar-refractivity contribution in [2.24, 2.45) is 46.3 Å². The maximum atomic E-state index is 10.1. The zero-order valence-corrected chi connectivity index (χ0v) is 22.5. The largest absolute Gasteiger partial charge is 0.396 e. The lowest BCUT2D eigenvalue weighted by atomic mass is 9.44. The van der Waals surface area contributed by atoms with E-state index in [0.29, 0.717) is 16.9 Å². The lowest BCUT2D eigenvalue weighted by molar-refractivity contribution is -0.137. The van der Waals surface area contributed by atoms with E-state index in [1.807, 2.05) is 13.8 Å². The minimum atomic E-state index is -0.517. The van der Waals surface area contributed by atoms with Crippen LogP contribution in [0.25, 0.3) is 0 Å². The standard InChI is InChI=1S/C30H54O3/c1-21(8-6-15-28(2,3)32)25-11-12-26-24-10-9-22-20-23(33-19-7-18-31)13-16-29(22,4)27(24)14-17-30(25,26)5/h21-27,31-32H,6-20H2,1-5H3/t21-,22+,23+,24+,25-,26+,27+,29+,30-/m1/s1. The SMILES string of the molecule is C[C@H](CCCC(C)(C)O)[C@H]1CC[C@H]2[C@@H]3CC[C@H]4C[C@@H](OCCCO)CC[C@]4(C)[C@H]3CC[C@]12C. The molecule has 0 amide bonds. The van der Waals surface area contributed by atoms with Gasteiger partial charge in [0.15, 0.2) is 0 Å². The molecule has 0 aromatic carbocycles. The van der Waals surface area contributed by atoms with Gasteiger partial charge in [-0.1, -0.05) is 33.6 Å². The summed E-state index contributed by atoms with van der Waals surface area (Å²) in [7, 11) is 0. The molecule has 4 saturated carbocycles. The molecule has 0 spiro atoms. The maximum absolute atomic E-state index is 10.1. The van der Waals surface area contributed by atoms with Crippen LogP contribution in [0.15, 0.2) is 0 Å². The van der Waals surface area contributed by atoms with Gasteiger partial charge >= 0.3 is 0 Å². The van der Waals surface area contributed by atoms with Crippen LogP contribution in [0.3, 0.4) is 0 Å². The first-order valence-electron chi connectivity index (χ1n) is 14.5. The molecule has 4 rings (SSSR count). The van der Waals surface area contributed by atoms with Gasteiger partial charge in [0.05, 0.1) is 11.7 Å². The average Bonchev–Trinajstić information content (AvgIpc) is 3.10. The predicted octanol–water partition coefficient (Wildman–Crippen LogP) is 6.99. The summed E-state index contributed by atoms with van der Waals surface area (Å²) in [4.78, 5) is 0. The monoisotopic (exact) mass is 462 g/mol. The second-order valence-electron chi connectivity index (χ2n) is 13.9. The first kappa shape index (κ1) is 26.0. The second kappa shape index (κ2) is 10.1. The van der Waals surface area contributed by atoms with Gasteiger partial charge in [-0.15, -0.1) is 0 Å². The van der Waals surface area contributed by atoms with Crippen molar-refractivity contribution >= 4 is 0 Å². The van der Waals surface area contributed by atoms with Crippen LogP contribution in [-0.4, -0.2) is 35.1 Å². The van der Waals surface area contributed by atoms with Gasteiger partial charge in [0.25, 0.3) is 0 Å². The predicted molar refractivity (Wildman–Crippen MR) is 136 cm³/mol. The minimum Gasteiger partial charge on any atom is -0.396 e. The van der Waals surface area contributed by atoms with Crippen molar-refractivity contribution in [1.29, 1.82) is 0 Å². The number of aliphatic hydroxyl groups is 2. The van der Waals surface area contributed by atoms with E-state index in [2.05, 4.69) is 20.8 Å². The number of rotatable bonds is 9. The second-order valence-corrected chi connectivity index (χ2v) is 13.9. The molecule has 33 heavy (non-hydrogen) atoms. The Labute approximate surface area is 204 Å². The van der Waals surface area contributed by atoms with Crippen molar-refractivity contribution in [3.8, 4) is 0 Å². The summed E-state index contributed by atoms with van der Waals surface area (Å²) < 4.78 is 6.16. The Balaban J connectivity index is 1.38. The van der Waals surface area contributed by atoms with Gasteiger partial charge in [-0.25, -0.2) is 0 Å². The fraction of sp³-hybridized carbons (Fsp3) is 1.00.